The van der Waals surface area contributed by atoms with Gasteiger partial charge in [0, 0.05) is 18.8 Å². The molecule has 17 heavy (non-hydrogen) atoms. The molecule has 3 N–H and O–H groups in total. The largest absolute Gasteiger partial charge is 0.328 e. The molecule has 1 aliphatic rings. The van der Waals surface area contributed by atoms with Gasteiger partial charge in [0.15, 0.2) is 0 Å². The van der Waals surface area contributed by atoms with Gasteiger partial charge in [-0.1, -0.05) is 0 Å². The fraction of sp³-hybridized carbons (Fsp3) is 1.00. The molecule has 6 nitrogen and oxygen atoms in total. The number of nitrogens with two attached hydrogens (primary N) is 1. The fourth-order valence-electron chi connectivity index (χ4n) is 1.88. The van der Waals surface area contributed by atoms with Crippen molar-refractivity contribution in [1.82, 2.24) is 4.72 Å². The topological polar surface area (TPSA) is 106 Å². The lowest BCUT2D eigenvalue weighted by molar-refractivity contribution is 0.513. The summed E-state index contributed by atoms with van der Waals surface area (Å²) in [6.07, 6.45) is 3.71. The van der Waals surface area contributed by atoms with Gasteiger partial charge in [-0.05, 0) is 25.2 Å². The van der Waals surface area contributed by atoms with Crippen molar-refractivity contribution < 1.29 is 16.8 Å². The first kappa shape index (κ1) is 14.9. The van der Waals surface area contributed by atoms with Gasteiger partial charge in [-0.15, -0.1) is 0 Å². The summed E-state index contributed by atoms with van der Waals surface area (Å²) >= 11 is 0. The first-order chi connectivity index (χ1) is 7.68. The predicted molar refractivity (Wildman–Crippen MR) is 66.8 cm³/mol. The highest BCUT2D eigenvalue weighted by atomic mass is 32.2. The van der Waals surface area contributed by atoms with Gasteiger partial charge in [-0.25, -0.2) is 21.6 Å². The smallest absolute Gasteiger partial charge is 0.212 e. The van der Waals surface area contributed by atoms with E-state index in [9.17, 15) is 16.8 Å². The van der Waals surface area contributed by atoms with Crippen LogP contribution in [0.25, 0.3) is 0 Å². The molecule has 0 aromatic carbocycles. The molecule has 1 aliphatic carbocycles. The molecule has 0 saturated heterocycles. The second kappa shape index (κ2) is 5.64. The van der Waals surface area contributed by atoms with Crippen molar-refractivity contribution in [1.29, 1.82) is 0 Å². The Hall–Kier alpha value is -0.180. The van der Waals surface area contributed by atoms with Crippen LogP contribution in [-0.4, -0.2) is 47.2 Å². The number of hydrogen-bond acceptors (Lipinski definition) is 5. The molecule has 0 amide bonds. The lowest BCUT2D eigenvalue weighted by Crippen LogP contribution is -2.33. The molecule has 1 rings (SSSR count). The van der Waals surface area contributed by atoms with E-state index in [4.69, 9.17) is 5.73 Å². The first-order valence-corrected chi connectivity index (χ1v) is 9.30. The third-order valence-corrected chi connectivity index (χ3v) is 5.45. The van der Waals surface area contributed by atoms with E-state index in [0.717, 1.165) is 25.5 Å². The van der Waals surface area contributed by atoms with Gasteiger partial charge in [0.1, 0.15) is 9.84 Å². The van der Waals surface area contributed by atoms with E-state index in [1.807, 2.05) is 0 Å². The van der Waals surface area contributed by atoms with E-state index in [2.05, 4.69) is 4.72 Å². The Kier molecular flexibility index (Phi) is 4.94. The number of hydrogen-bond donors (Lipinski definition) is 2. The van der Waals surface area contributed by atoms with Gasteiger partial charge < -0.3 is 5.73 Å². The summed E-state index contributed by atoms with van der Waals surface area (Å²) in [7, 11) is -6.73. The monoisotopic (exact) mass is 284 g/mol. The zero-order valence-electron chi connectivity index (χ0n) is 9.92. The number of sulfonamides is 1. The number of nitrogens with one attached hydrogen (secondary N) is 1. The minimum Gasteiger partial charge on any atom is -0.328 e. The molecule has 0 heterocycles. The Labute approximate surface area is 103 Å². The quantitative estimate of drug-likeness (QED) is 0.656. The Morgan fingerprint density at radius 3 is 2.29 bits per heavy atom. The molecule has 8 heteroatoms. The molecule has 1 fully saturated rings. The third kappa shape index (κ3) is 6.35. The minimum absolute atomic E-state index is 0.167. The van der Waals surface area contributed by atoms with Crippen LogP contribution in [0.15, 0.2) is 0 Å². The van der Waals surface area contributed by atoms with Crippen LogP contribution >= 0.6 is 0 Å². The summed E-state index contributed by atoms with van der Waals surface area (Å²) in [4.78, 5) is 0. The van der Waals surface area contributed by atoms with Crippen molar-refractivity contribution in [3.05, 3.63) is 0 Å². The number of sulfone groups is 1. The Bertz CT molecular complexity index is 444. The summed E-state index contributed by atoms with van der Waals surface area (Å²) < 4.78 is 47.2. The SMILES string of the molecule is CS(=O)(=O)CCS(=O)(=O)NCC1CCC(N)C1. The molecule has 0 radical (unpaired) electrons. The van der Waals surface area contributed by atoms with Gasteiger partial charge in [0.05, 0.1) is 11.5 Å². The second-order valence-corrected chi connectivity index (χ2v) is 8.92. The van der Waals surface area contributed by atoms with E-state index in [1.54, 1.807) is 0 Å². The van der Waals surface area contributed by atoms with Crippen molar-refractivity contribution in [3.8, 4) is 0 Å². The maximum Gasteiger partial charge on any atom is 0.212 e. The summed E-state index contributed by atoms with van der Waals surface area (Å²) in [5.74, 6) is -0.435. The van der Waals surface area contributed by atoms with Gasteiger partial charge in [-0.2, -0.15) is 0 Å². The van der Waals surface area contributed by atoms with E-state index < -0.39 is 19.9 Å². The van der Waals surface area contributed by atoms with E-state index in [0.29, 0.717) is 6.54 Å². The van der Waals surface area contributed by atoms with Crippen LogP contribution in [0.1, 0.15) is 19.3 Å². The second-order valence-electron chi connectivity index (χ2n) is 4.74. The molecule has 0 aromatic heterocycles. The average Bonchev–Trinajstić information content (AvgIpc) is 2.58. The van der Waals surface area contributed by atoms with Gasteiger partial charge in [0.2, 0.25) is 10.0 Å². The van der Waals surface area contributed by atoms with Crippen molar-refractivity contribution in [2.75, 3.05) is 24.3 Å². The Morgan fingerprint density at radius 2 is 1.82 bits per heavy atom. The fourth-order valence-corrected chi connectivity index (χ4v) is 4.60. The molecule has 0 spiro atoms. The zero-order chi connectivity index (χ0) is 13.1. The summed E-state index contributed by atoms with van der Waals surface area (Å²) in [5.41, 5.74) is 5.72. The molecule has 1 saturated carbocycles. The van der Waals surface area contributed by atoms with Crippen molar-refractivity contribution in [2.45, 2.75) is 25.3 Å². The molecule has 102 valence electrons. The van der Waals surface area contributed by atoms with Gasteiger partial charge >= 0.3 is 0 Å². The maximum atomic E-state index is 11.5. The molecule has 2 atom stereocenters. The van der Waals surface area contributed by atoms with Crippen LogP contribution < -0.4 is 10.5 Å². The highest BCUT2D eigenvalue weighted by Crippen LogP contribution is 2.23. The first-order valence-electron chi connectivity index (χ1n) is 5.58. The zero-order valence-corrected chi connectivity index (χ0v) is 11.6. The van der Waals surface area contributed by atoms with Crippen LogP contribution in [0.2, 0.25) is 0 Å². The highest BCUT2D eigenvalue weighted by Gasteiger charge is 2.23. The molecule has 0 bridgehead atoms. The van der Waals surface area contributed by atoms with Crippen molar-refractivity contribution in [2.24, 2.45) is 11.7 Å². The van der Waals surface area contributed by atoms with Crippen LogP contribution in [0.3, 0.4) is 0 Å². The van der Waals surface area contributed by atoms with Crippen LogP contribution in [0.4, 0.5) is 0 Å². The van der Waals surface area contributed by atoms with Crippen molar-refractivity contribution in [3.63, 3.8) is 0 Å². The van der Waals surface area contributed by atoms with Crippen molar-refractivity contribution >= 4 is 19.9 Å². The predicted octanol–water partition coefficient (Wildman–Crippen LogP) is -0.922. The van der Waals surface area contributed by atoms with E-state index in [1.165, 1.54) is 0 Å². The standard InChI is InChI=1S/C9H20N2O4S2/c1-16(12,13)4-5-17(14,15)11-7-8-2-3-9(10)6-8/h8-9,11H,2-7,10H2,1H3. The summed E-state index contributed by atoms with van der Waals surface area (Å²) in [5, 5.41) is 0. The van der Waals surface area contributed by atoms with E-state index >= 15 is 0 Å². The molecule has 0 aromatic rings. The molecular weight excluding hydrogens is 264 g/mol. The Balaban J connectivity index is 2.35. The normalized spacial score (nSPS) is 26.2. The highest BCUT2D eigenvalue weighted by molar-refractivity contribution is 7.93. The van der Waals surface area contributed by atoms with E-state index in [-0.39, 0.29) is 23.5 Å². The van der Waals surface area contributed by atoms with Crippen LogP contribution in [0, 0.1) is 5.92 Å². The lowest BCUT2D eigenvalue weighted by atomic mass is 10.1. The lowest BCUT2D eigenvalue weighted by Gasteiger charge is -2.11. The molecule has 0 aliphatic heterocycles. The number of rotatable bonds is 6. The van der Waals surface area contributed by atoms with Gasteiger partial charge in [0.25, 0.3) is 0 Å². The maximum absolute atomic E-state index is 11.5. The minimum atomic E-state index is -3.49. The van der Waals surface area contributed by atoms with Gasteiger partial charge in [-0.3, -0.25) is 0 Å². The third-order valence-electron chi connectivity index (χ3n) is 2.90. The van der Waals surface area contributed by atoms with Crippen LogP contribution in [0.5, 0.6) is 0 Å². The Morgan fingerprint density at radius 1 is 1.18 bits per heavy atom. The van der Waals surface area contributed by atoms with Crippen LogP contribution in [-0.2, 0) is 19.9 Å². The summed E-state index contributed by atoms with van der Waals surface area (Å²) in [6, 6.07) is 0.167. The molecule has 2 unspecified atom stereocenters. The summed E-state index contributed by atoms with van der Waals surface area (Å²) in [6.45, 7) is 0.361. The average molecular weight is 284 g/mol. The molecular formula is C9H20N2O4S2.